The van der Waals surface area contributed by atoms with Crippen molar-refractivity contribution in [1.29, 1.82) is 0 Å². The second-order valence-corrected chi connectivity index (χ2v) is 4.81. The van der Waals surface area contributed by atoms with Crippen molar-refractivity contribution in [3.8, 4) is 11.5 Å². The van der Waals surface area contributed by atoms with Gasteiger partial charge in [0.2, 0.25) is 0 Å². The van der Waals surface area contributed by atoms with E-state index in [-0.39, 0.29) is 11.9 Å². The molecule has 0 heterocycles. The Bertz CT molecular complexity index is 601. The third-order valence-electron chi connectivity index (χ3n) is 3.46. The van der Waals surface area contributed by atoms with E-state index < -0.39 is 0 Å². The highest BCUT2D eigenvalue weighted by molar-refractivity contribution is 5.43. The fourth-order valence-electron chi connectivity index (χ4n) is 2.14. The van der Waals surface area contributed by atoms with Gasteiger partial charge in [-0.25, -0.2) is 4.39 Å². The van der Waals surface area contributed by atoms with Gasteiger partial charge in [-0.15, -0.1) is 0 Å². The summed E-state index contributed by atoms with van der Waals surface area (Å²) in [5.41, 5.74) is 1.72. The molecule has 21 heavy (non-hydrogen) atoms. The SMILES string of the molecule is COc1ccc(C(C)NCc2ccccc2F)cc1OC. The van der Waals surface area contributed by atoms with E-state index >= 15 is 0 Å². The molecular formula is C17H20FNO2. The maximum atomic E-state index is 13.6. The van der Waals surface area contributed by atoms with Gasteiger partial charge >= 0.3 is 0 Å². The Morgan fingerprint density at radius 3 is 2.43 bits per heavy atom. The zero-order valence-electron chi connectivity index (χ0n) is 12.5. The molecule has 0 aliphatic rings. The maximum Gasteiger partial charge on any atom is 0.161 e. The van der Waals surface area contributed by atoms with E-state index in [0.29, 0.717) is 23.6 Å². The van der Waals surface area contributed by atoms with Crippen molar-refractivity contribution >= 4 is 0 Å². The van der Waals surface area contributed by atoms with Crippen LogP contribution in [0.25, 0.3) is 0 Å². The van der Waals surface area contributed by atoms with E-state index in [9.17, 15) is 4.39 Å². The van der Waals surface area contributed by atoms with Crippen LogP contribution >= 0.6 is 0 Å². The molecule has 0 aliphatic carbocycles. The molecule has 1 N–H and O–H groups in total. The maximum absolute atomic E-state index is 13.6. The largest absolute Gasteiger partial charge is 0.493 e. The second kappa shape index (κ2) is 7.09. The second-order valence-electron chi connectivity index (χ2n) is 4.81. The van der Waals surface area contributed by atoms with Gasteiger partial charge in [-0.3, -0.25) is 0 Å². The fraction of sp³-hybridized carbons (Fsp3) is 0.294. The normalized spacial score (nSPS) is 12.0. The molecule has 0 fully saturated rings. The van der Waals surface area contributed by atoms with Crippen LogP contribution in [0.5, 0.6) is 11.5 Å². The number of methoxy groups -OCH3 is 2. The van der Waals surface area contributed by atoms with E-state index in [1.165, 1.54) is 6.07 Å². The highest BCUT2D eigenvalue weighted by Gasteiger charge is 2.10. The number of rotatable bonds is 6. The van der Waals surface area contributed by atoms with Crippen LogP contribution < -0.4 is 14.8 Å². The Kier molecular flexibility index (Phi) is 5.17. The summed E-state index contributed by atoms with van der Waals surface area (Å²) in [6.07, 6.45) is 0. The number of benzene rings is 2. The fourth-order valence-corrected chi connectivity index (χ4v) is 2.14. The van der Waals surface area contributed by atoms with Crippen molar-refractivity contribution < 1.29 is 13.9 Å². The van der Waals surface area contributed by atoms with Crippen LogP contribution in [0.2, 0.25) is 0 Å². The average molecular weight is 289 g/mol. The Labute approximate surface area is 124 Å². The molecule has 1 atom stereocenters. The minimum Gasteiger partial charge on any atom is -0.493 e. The summed E-state index contributed by atoms with van der Waals surface area (Å²) < 4.78 is 24.1. The molecule has 0 amide bonds. The highest BCUT2D eigenvalue weighted by atomic mass is 19.1. The summed E-state index contributed by atoms with van der Waals surface area (Å²) in [5.74, 6) is 1.20. The quantitative estimate of drug-likeness (QED) is 0.879. The summed E-state index contributed by atoms with van der Waals surface area (Å²) in [7, 11) is 3.22. The Balaban J connectivity index is 2.06. The third kappa shape index (κ3) is 3.73. The van der Waals surface area contributed by atoms with Crippen molar-refractivity contribution in [3.63, 3.8) is 0 Å². The van der Waals surface area contributed by atoms with Crippen LogP contribution in [0.3, 0.4) is 0 Å². The van der Waals surface area contributed by atoms with Gasteiger partial charge in [0.1, 0.15) is 5.82 Å². The highest BCUT2D eigenvalue weighted by Crippen LogP contribution is 2.29. The van der Waals surface area contributed by atoms with Crippen LogP contribution in [-0.2, 0) is 6.54 Å². The van der Waals surface area contributed by atoms with Crippen LogP contribution in [0.4, 0.5) is 4.39 Å². The Morgan fingerprint density at radius 2 is 1.76 bits per heavy atom. The number of halogens is 1. The molecule has 4 heteroatoms. The van der Waals surface area contributed by atoms with E-state index in [1.54, 1.807) is 26.4 Å². The topological polar surface area (TPSA) is 30.5 Å². The number of ether oxygens (including phenoxy) is 2. The molecule has 0 aliphatic heterocycles. The van der Waals surface area contributed by atoms with Crippen molar-refractivity contribution in [2.75, 3.05) is 14.2 Å². The lowest BCUT2D eigenvalue weighted by Gasteiger charge is -2.16. The minimum absolute atomic E-state index is 0.0735. The predicted molar refractivity (Wildman–Crippen MR) is 81.2 cm³/mol. The molecule has 2 rings (SSSR count). The molecule has 2 aromatic carbocycles. The Hall–Kier alpha value is -2.07. The summed E-state index contributed by atoms with van der Waals surface area (Å²) in [6.45, 7) is 2.50. The molecule has 0 bridgehead atoms. The van der Waals surface area contributed by atoms with Crippen LogP contribution in [0, 0.1) is 5.82 Å². The van der Waals surface area contributed by atoms with Gasteiger partial charge in [0.25, 0.3) is 0 Å². The number of hydrogen-bond donors (Lipinski definition) is 1. The zero-order chi connectivity index (χ0) is 15.2. The van der Waals surface area contributed by atoms with E-state index in [2.05, 4.69) is 5.32 Å². The van der Waals surface area contributed by atoms with Crippen LogP contribution in [-0.4, -0.2) is 14.2 Å². The zero-order valence-corrected chi connectivity index (χ0v) is 12.5. The van der Waals surface area contributed by atoms with Crippen molar-refractivity contribution in [2.45, 2.75) is 19.5 Å². The lowest BCUT2D eigenvalue weighted by atomic mass is 10.1. The predicted octanol–water partition coefficient (Wildman–Crippen LogP) is 3.69. The molecule has 0 radical (unpaired) electrons. The summed E-state index contributed by atoms with van der Waals surface area (Å²) in [6, 6.07) is 12.6. The summed E-state index contributed by atoms with van der Waals surface area (Å²) >= 11 is 0. The number of nitrogens with one attached hydrogen (secondary N) is 1. The first-order chi connectivity index (χ1) is 10.2. The van der Waals surface area contributed by atoms with Gasteiger partial charge in [-0.1, -0.05) is 24.3 Å². The first-order valence-corrected chi connectivity index (χ1v) is 6.84. The van der Waals surface area contributed by atoms with Crippen molar-refractivity contribution in [2.24, 2.45) is 0 Å². The standard InChI is InChI=1S/C17H20FNO2/c1-12(19-11-14-6-4-5-7-15(14)18)13-8-9-16(20-2)17(10-13)21-3/h4-10,12,19H,11H2,1-3H3. The summed E-state index contributed by atoms with van der Waals surface area (Å²) in [5, 5.41) is 3.31. The molecule has 3 nitrogen and oxygen atoms in total. The molecule has 1 unspecified atom stereocenters. The van der Waals surface area contributed by atoms with E-state index in [1.807, 2.05) is 31.2 Å². The first kappa shape index (κ1) is 15.3. The molecule has 0 saturated carbocycles. The lowest BCUT2D eigenvalue weighted by Crippen LogP contribution is -2.18. The van der Waals surface area contributed by atoms with Crippen molar-refractivity contribution in [3.05, 3.63) is 59.4 Å². The smallest absolute Gasteiger partial charge is 0.161 e. The van der Waals surface area contributed by atoms with Gasteiger partial charge in [0.05, 0.1) is 14.2 Å². The monoisotopic (exact) mass is 289 g/mol. The van der Waals surface area contributed by atoms with E-state index in [0.717, 1.165) is 5.56 Å². The Morgan fingerprint density at radius 1 is 1.05 bits per heavy atom. The molecule has 2 aromatic rings. The minimum atomic E-state index is -0.190. The lowest BCUT2D eigenvalue weighted by molar-refractivity contribution is 0.354. The molecule has 0 saturated heterocycles. The third-order valence-corrected chi connectivity index (χ3v) is 3.46. The van der Waals surface area contributed by atoms with Gasteiger partial charge in [-0.2, -0.15) is 0 Å². The van der Waals surface area contributed by atoms with Crippen molar-refractivity contribution in [1.82, 2.24) is 5.32 Å². The van der Waals surface area contributed by atoms with Gasteiger partial charge in [0, 0.05) is 18.2 Å². The number of hydrogen-bond acceptors (Lipinski definition) is 3. The van der Waals surface area contributed by atoms with Gasteiger partial charge in [0.15, 0.2) is 11.5 Å². The van der Waals surface area contributed by atoms with Gasteiger partial charge in [-0.05, 0) is 30.7 Å². The van der Waals surface area contributed by atoms with Crippen LogP contribution in [0.15, 0.2) is 42.5 Å². The molecule has 0 aromatic heterocycles. The van der Waals surface area contributed by atoms with E-state index in [4.69, 9.17) is 9.47 Å². The first-order valence-electron chi connectivity index (χ1n) is 6.84. The molecular weight excluding hydrogens is 269 g/mol. The summed E-state index contributed by atoms with van der Waals surface area (Å²) in [4.78, 5) is 0. The van der Waals surface area contributed by atoms with Crippen LogP contribution in [0.1, 0.15) is 24.1 Å². The molecule has 0 spiro atoms. The molecule has 112 valence electrons. The van der Waals surface area contributed by atoms with Gasteiger partial charge < -0.3 is 14.8 Å². The average Bonchev–Trinajstić information content (AvgIpc) is 2.53.